The van der Waals surface area contributed by atoms with Crippen LogP contribution in [0.1, 0.15) is 28.2 Å². The van der Waals surface area contributed by atoms with Gasteiger partial charge in [0.05, 0.1) is 18.1 Å². The number of amides is 1. The number of aliphatic imine (C=N–C) groups is 1. The molecule has 1 aliphatic carbocycles. The average Bonchev–Trinajstić information content (AvgIpc) is 3.09. The number of nitrogens with zero attached hydrogens (tertiary/aromatic N) is 2. The monoisotopic (exact) mass is 376 g/mol. The second kappa shape index (κ2) is 6.98. The maximum atomic E-state index is 12.6. The molecule has 0 spiro atoms. The molecule has 0 N–H and O–H groups in total. The highest BCUT2D eigenvalue weighted by molar-refractivity contribution is 8.18. The van der Waals surface area contributed by atoms with E-state index >= 15 is 0 Å². The fourth-order valence-corrected chi connectivity index (χ4v) is 4.98. The summed E-state index contributed by atoms with van der Waals surface area (Å²) in [6, 6.07) is 17.1. The Morgan fingerprint density at radius 1 is 1.00 bits per heavy atom. The zero-order chi connectivity index (χ0) is 18.2. The van der Waals surface area contributed by atoms with Crippen molar-refractivity contribution in [2.75, 3.05) is 26.3 Å². The number of carbonyl (C=O) groups is 1. The summed E-state index contributed by atoms with van der Waals surface area (Å²) in [5, 5.41) is 0.812. The number of fused-ring (bicyclic) bond motifs is 2. The second-order valence-corrected chi connectivity index (χ2v) is 7.99. The highest BCUT2D eigenvalue weighted by Crippen LogP contribution is 2.40. The quantitative estimate of drug-likeness (QED) is 0.714. The van der Waals surface area contributed by atoms with Gasteiger partial charge in [-0.05, 0) is 40.4 Å². The van der Waals surface area contributed by atoms with E-state index in [1.807, 2.05) is 0 Å². The first-order valence-electron chi connectivity index (χ1n) is 9.30. The summed E-state index contributed by atoms with van der Waals surface area (Å²) in [5.74, 6) is -0.0288. The van der Waals surface area contributed by atoms with E-state index in [0.717, 1.165) is 29.6 Å². The molecular weight excluding hydrogens is 356 g/mol. The van der Waals surface area contributed by atoms with Crippen molar-refractivity contribution in [1.29, 1.82) is 0 Å². The molecule has 2 aromatic rings. The van der Waals surface area contributed by atoms with E-state index in [1.54, 1.807) is 0 Å². The van der Waals surface area contributed by atoms with Crippen molar-refractivity contribution in [3.05, 3.63) is 81.8 Å². The Morgan fingerprint density at radius 3 is 2.30 bits per heavy atom. The van der Waals surface area contributed by atoms with E-state index < -0.39 is 0 Å². The van der Waals surface area contributed by atoms with Gasteiger partial charge in [-0.15, -0.1) is 0 Å². The van der Waals surface area contributed by atoms with Gasteiger partial charge in [-0.3, -0.25) is 4.79 Å². The molecule has 0 unspecified atom stereocenters. The minimum absolute atomic E-state index is 0.0943. The summed E-state index contributed by atoms with van der Waals surface area (Å²) in [5.41, 5.74) is 5.25. The number of carbonyl (C=O) groups excluding carboxylic acids is 1. The van der Waals surface area contributed by atoms with Gasteiger partial charge >= 0.3 is 0 Å². The van der Waals surface area contributed by atoms with E-state index in [-0.39, 0.29) is 11.8 Å². The Bertz CT molecular complexity index is 915. The molecule has 2 aliphatic heterocycles. The molecule has 0 atom stereocenters. The highest BCUT2D eigenvalue weighted by Gasteiger charge is 2.30. The summed E-state index contributed by atoms with van der Waals surface area (Å²) in [7, 11) is 0. The molecule has 4 nitrogen and oxygen atoms in total. The first kappa shape index (κ1) is 16.8. The van der Waals surface area contributed by atoms with Crippen molar-refractivity contribution < 1.29 is 9.53 Å². The fourth-order valence-electron chi connectivity index (χ4n) is 4.00. The van der Waals surface area contributed by atoms with Gasteiger partial charge in [0.2, 0.25) is 0 Å². The molecule has 5 heteroatoms. The fraction of sp³-hybridized carbons (Fsp3) is 0.273. The van der Waals surface area contributed by atoms with Crippen LogP contribution in [0, 0.1) is 0 Å². The van der Waals surface area contributed by atoms with Gasteiger partial charge in [0.15, 0.2) is 5.17 Å². The predicted octanol–water partition coefficient (Wildman–Crippen LogP) is 3.57. The van der Waals surface area contributed by atoms with Crippen LogP contribution in [0.3, 0.4) is 0 Å². The smallest absolute Gasteiger partial charge is 0.285 e. The predicted molar refractivity (Wildman–Crippen MR) is 108 cm³/mol. The lowest BCUT2D eigenvalue weighted by atomic mass is 9.78. The highest BCUT2D eigenvalue weighted by atomic mass is 32.2. The lowest BCUT2D eigenvalue weighted by molar-refractivity contribution is -0.113. The molecule has 0 bridgehead atoms. The molecule has 136 valence electrons. The summed E-state index contributed by atoms with van der Waals surface area (Å²) in [4.78, 5) is 19.8. The maximum Gasteiger partial charge on any atom is 0.285 e. The average molecular weight is 376 g/mol. The number of rotatable bonds is 1. The van der Waals surface area contributed by atoms with E-state index in [2.05, 4.69) is 64.5 Å². The van der Waals surface area contributed by atoms with Gasteiger partial charge in [0.25, 0.3) is 5.91 Å². The van der Waals surface area contributed by atoms with Gasteiger partial charge < -0.3 is 9.64 Å². The number of ether oxygens (including phenoxy) is 1. The Labute approximate surface area is 162 Å². The molecule has 2 heterocycles. The van der Waals surface area contributed by atoms with Crippen LogP contribution in [0.15, 0.2) is 64.5 Å². The Kier molecular flexibility index (Phi) is 4.34. The molecule has 0 radical (unpaired) electrons. The third-order valence-electron chi connectivity index (χ3n) is 5.37. The maximum absolute atomic E-state index is 12.6. The minimum atomic E-state index is -0.123. The number of morpholine rings is 1. The zero-order valence-electron chi connectivity index (χ0n) is 14.9. The van der Waals surface area contributed by atoms with E-state index in [9.17, 15) is 4.79 Å². The van der Waals surface area contributed by atoms with E-state index in [1.165, 1.54) is 34.0 Å². The van der Waals surface area contributed by atoms with Crippen LogP contribution < -0.4 is 0 Å². The van der Waals surface area contributed by atoms with Gasteiger partial charge in [-0.1, -0.05) is 54.6 Å². The van der Waals surface area contributed by atoms with E-state index in [0.29, 0.717) is 13.2 Å². The number of allylic oxidation sites excluding steroid dienone is 1. The molecule has 0 saturated carbocycles. The first-order valence-corrected chi connectivity index (χ1v) is 10.1. The summed E-state index contributed by atoms with van der Waals surface area (Å²) in [6.07, 6.45) is 3.06. The van der Waals surface area contributed by atoms with Crippen LogP contribution in [0.4, 0.5) is 0 Å². The minimum Gasteiger partial charge on any atom is -0.378 e. The normalized spacial score (nSPS) is 21.2. The molecule has 1 saturated heterocycles. The third-order valence-corrected chi connectivity index (χ3v) is 6.43. The Balaban J connectivity index is 1.49. The van der Waals surface area contributed by atoms with Crippen LogP contribution in [0.25, 0.3) is 0 Å². The molecule has 3 aliphatic rings. The SMILES string of the molecule is O=C1N=C(N2CCOCC2)SC1=CC1c2ccccc2Cc2ccccc21. The third kappa shape index (κ3) is 3.11. The van der Waals surface area contributed by atoms with Crippen LogP contribution >= 0.6 is 11.8 Å². The second-order valence-electron chi connectivity index (χ2n) is 6.98. The summed E-state index contributed by atoms with van der Waals surface area (Å²) >= 11 is 1.50. The Morgan fingerprint density at radius 2 is 1.63 bits per heavy atom. The van der Waals surface area contributed by atoms with Crippen molar-refractivity contribution in [3.63, 3.8) is 0 Å². The van der Waals surface area contributed by atoms with Crippen LogP contribution in [0.5, 0.6) is 0 Å². The molecule has 1 fully saturated rings. The zero-order valence-corrected chi connectivity index (χ0v) is 15.7. The Hall–Kier alpha value is -2.37. The van der Waals surface area contributed by atoms with Crippen molar-refractivity contribution in [3.8, 4) is 0 Å². The van der Waals surface area contributed by atoms with Crippen molar-refractivity contribution in [2.45, 2.75) is 12.3 Å². The number of benzene rings is 2. The van der Waals surface area contributed by atoms with Crippen molar-refractivity contribution in [1.82, 2.24) is 4.90 Å². The lowest BCUT2D eigenvalue weighted by Crippen LogP contribution is -2.38. The molecule has 27 heavy (non-hydrogen) atoms. The van der Waals surface area contributed by atoms with Gasteiger partial charge in [-0.25, -0.2) is 0 Å². The van der Waals surface area contributed by atoms with Gasteiger partial charge in [0.1, 0.15) is 0 Å². The summed E-state index contributed by atoms with van der Waals surface area (Å²) < 4.78 is 5.41. The molecular formula is C22H20N2O2S. The molecule has 2 aromatic carbocycles. The van der Waals surface area contributed by atoms with Crippen LogP contribution in [0.2, 0.25) is 0 Å². The molecule has 0 aromatic heterocycles. The number of thioether (sulfide) groups is 1. The van der Waals surface area contributed by atoms with Gasteiger partial charge in [-0.2, -0.15) is 4.99 Å². The summed E-state index contributed by atoms with van der Waals surface area (Å²) in [6.45, 7) is 2.97. The van der Waals surface area contributed by atoms with Crippen LogP contribution in [-0.4, -0.2) is 42.3 Å². The van der Waals surface area contributed by atoms with Crippen LogP contribution in [-0.2, 0) is 16.0 Å². The lowest BCUT2D eigenvalue weighted by Gasteiger charge is -2.28. The van der Waals surface area contributed by atoms with Crippen molar-refractivity contribution in [2.24, 2.45) is 4.99 Å². The first-order chi connectivity index (χ1) is 13.3. The van der Waals surface area contributed by atoms with Gasteiger partial charge in [0, 0.05) is 19.0 Å². The number of hydrogen-bond acceptors (Lipinski definition) is 4. The topological polar surface area (TPSA) is 41.9 Å². The standard InChI is InChI=1S/C22H20N2O2S/c25-21-20(27-22(23-21)24-9-11-26-12-10-24)14-19-17-7-3-1-5-15(17)13-16-6-2-4-8-18(16)19/h1-8,14,19H,9-13H2. The number of amidine groups is 1. The molecule has 1 amide bonds. The number of hydrogen-bond donors (Lipinski definition) is 0. The largest absolute Gasteiger partial charge is 0.378 e. The molecule has 5 rings (SSSR count). The van der Waals surface area contributed by atoms with E-state index in [4.69, 9.17) is 4.74 Å². The van der Waals surface area contributed by atoms with Crippen molar-refractivity contribution >= 4 is 22.8 Å².